The Morgan fingerprint density at radius 3 is 2.87 bits per heavy atom. The maximum atomic E-state index is 11.0. The van der Waals surface area contributed by atoms with E-state index in [0.717, 1.165) is 10.2 Å². The van der Waals surface area contributed by atoms with E-state index in [2.05, 4.69) is 26.6 Å². The van der Waals surface area contributed by atoms with E-state index < -0.39 is 0 Å². The average molecular weight is 271 g/mol. The maximum Gasteiger partial charge on any atom is 0.221 e. The van der Waals surface area contributed by atoms with Crippen LogP contribution in [0.2, 0.25) is 0 Å². The highest BCUT2D eigenvalue weighted by Crippen LogP contribution is 2.20. The smallest absolute Gasteiger partial charge is 0.221 e. The molecule has 2 N–H and O–H groups in total. The van der Waals surface area contributed by atoms with Crippen molar-refractivity contribution in [3.63, 3.8) is 0 Å². The van der Waals surface area contributed by atoms with E-state index in [1.54, 1.807) is 7.05 Å². The third-order valence-electron chi connectivity index (χ3n) is 2.15. The second-order valence-electron chi connectivity index (χ2n) is 3.31. The Hall–Kier alpha value is -1.03. The van der Waals surface area contributed by atoms with Gasteiger partial charge in [0.1, 0.15) is 0 Å². The van der Waals surface area contributed by atoms with Gasteiger partial charge >= 0.3 is 0 Å². The second-order valence-corrected chi connectivity index (χ2v) is 4.22. The van der Waals surface area contributed by atoms with Gasteiger partial charge in [0.05, 0.1) is 0 Å². The first-order valence-electron chi connectivity index (χ1n) is 4.84. The molecule has 1 amide bonds. The Morgan fingerprint density at radius 1 is 1.47 bits per heavy atom. The minimum absolute atomic E-state index is 0.0511. The van der Waals surface area contributed by atoms with Crippen molar-refractivity contribution in [3.8, 4) is 0 Å². The Labute approximate surface area is 98.4 Å². The van der Waals surface area contributed by atoms with Crippen LogP contribution in [-0.4, -0.2) is 19.5 Å². The second kappa shape index (κ2) is 5.75. The highest BCUT2D eigenvalue weighted by atomic mass is 79.9. The molecule has 3 nitrogen and oxygen atoms in total. The molecule has 0 spiro atoms. The van der Waals surface area contributed by atoms with Gasteiger partial charge in [-0.3, -0.25) is 4.79 Å². The van der Waals surface area contributed by atoms with Crippen molar-refractivity contribution in [1.29, 1.82) is 0 Å². The lowest BCUT2D eigenvalue weighted by Gasteiger charge is -2.09. The molecule has 0 aliphatic heterocycles. The molecule has 0 fully saturated rings. The van der Waals surface area contributed by atoms with E-state index in [4.69, 9.17) is 0 Å². The van der Waals surface area contributed by atoms with Gasteiger partial charge in [0.25, 0.3) is 0 Å². The summed E-state index contributed by atoms with van der Waals surface area (Å²) in [5.74, 6) is 0.0511. The molecule has 15 heavy (non-hydrogen) atoms. The number of carbonyl (C=O) groups is 1. The van der Waals surface area contributed by atoms with Crippen molar-refractivity contribution in [2.24, 2.45) is 0 Å². The average Bonchev–Trinajstić information content (AvgIpc) is 2.23. The number of hydrogen-bond donors (Lipinski definition) is 2. The van der Waals surface area contributed by atoms with E-state index in [-0.39, 0.29) is 5.91 Å². The van der Waals surface area contributed by atoms with Crippen LogP contribution in [0.3, 0.4) is 0 Å². The molecule has 0 unspecified atom stereocenters. The zero-order valence-corrected chi connectivity index (χ0v) is 10.5. The number of aryl methyl sites for hydroxylation is 1. The Bertz CT molecular complexity index is 352. The third kappa shape index (κ3) is 3.91. The van der Waals surface area contributed by atoms with Crippen LogP contribution in [0.1, 0.15) is 12.0 Å². The normalized spacial score (nSPS) is 9.80. The third-order valence-corrected chi connectivity index (χ3v) is 2.64. The van der Waals surface area contributed by atoms with Crippen LogP contribution in [0, 0.1) is 6.92 Å². The molecule has 0 aliphatic carbocycles. The molecule has 0 saturated carbocycles. The fraction of sp³-hybridized carbons (Fsp3) is 0.364. The minimum atomic E-state index is 0.0511. The summed E-state index contributed by atoms with van der Waals surface area (Å²) in [5, 5.41) is 5.82. The van der Waals surface area contributed by atoms with Crippen molar-refractivity contribution in [2.45, 2.75) is 13.3 Å². The standard InChI is InChI=1S/C11H15BrN2O/c1-8-3-4-9(12)7-10(8)14-6-5-11(15)13-2/h3-4,7,14H,5-6H2,1-2H3,(H,13,15). The molecule has 82 valence electrons. The number of amides is 1. The zero-order chi connectivity index (χ0) is 11.3. The maximum absolute atomic E-state index is 11.0. The van der Waals surface area contributed by atoms with Gasteiger partial charge in [0, 0.05) is 30.2 Å². The lowest BCUT2D eigenvalue weighted by molar-refractivity contribution is -0.120. The summed E-state index contributed by atoms with van der Waals surface area (Å²) in [6.07, 6.45) is 0.489. The van der Waals surface area contributed by atoms with Crippen molar-refractivity contribution >= 4 is 27.5 Å². The van der Waals surface area contributed by atoms with Crippen LogP contribution < -0.4 is 10.6 Å². The molecule has 1 aromatic carbocycles. The zero-order valence-electron chi connectivity index (χ0n) is 8.93. The first-order chi connectivity index (χ1) is 7.13. The van der Waals surface area contributed by atoms with Crippen LogP contribution in [0.5, 0.6) is 0 Å². The lowest BCUT2D eigenvalue weighted by atomic mass is 10.2. The summed E-state index contributed by atoms with van der Waals surface area (Å²) in [7, 11) is 1.65. The minimum Gasteiger partial charge on any atom is -0.384 e. The fourth-order valence-electron chi connectivity index (χ4n) is 1.22. The summed E-state index contributed by atoms with van der Waals surface area (Å²) in [4.78, 5) is 11.0. The van der Waals surface area contributed by atoms with Gasteiger partial charge in [0.2, 0.25) is 5.91 Å². The monoisotopic (exact) mass is 270 g/mol. The van der Waals surface area contributed by atoms with Gasteiger partial charge < -0.3 is 10.6 Å². The van der Waals surface area contributed by atoms with Gasteiger partial charge in [-0.2, -0.15) is 0 Å². The molecule has 4 heteroatoms. The molecular weight excluding hydrogens is 256 g/mol. The van der Waals surface area contributed by atoms with E-state index in [0.29, 0.717) is 13.0 Å². The number of hydrogen-bond acceptors (Lipinski definition) is 2. The van der Waals surface area contributed by atoms with Gasteiger partial charge in [-0.15, -0.1) is 0 Å². The molecule has 0 heterocycles. The van der Waals surface area contributed by atoms with E-state index >= 15 is 0 Å². The van der Waals surface area contributed by atoms with Crippen LogP contribution in [0.25, 0.3) is 0 Å². The topological polar surface area (TPSA) is 41.1 Å². The summed E-state index contributed by atoms with van der Waals surface area (Å²) < 4.78 is 1.04. The van der Waals surface area contributed by atoms with Gasteiger partial charge in [-0.05, 0) is 24.6 Å². The Kier molecular flexibility index (Phi) is 4.62. The fourth-order valence-corrected chi connectivity index (χ4v) is 1.58. The van der Waals surface area contributed by atoms with Crippen molar-refractivity contribution < 1.29 is 4.79 Å². The molecule has 0 atom stereocenters. The molecule has 1 rings (SSSR count). The number of rotatable bonds is 4. The molecule has 0 bridgehead atoms. The largest absolute Gasteiger partial charge is 0.384 e. The first kappa shape index (κ1) is 12.0. The number of carbonyl (C=O) groups excluding carboxylic acids is 1. The quantitative estimate of drug-likeness (QED) is 0.882. The van der Waals surface area contributed by atoms with E-state index in [1.165, 1.54) is 5.56 Å². The van der Waals surface area contributed by atoms with Gasteiger partial charge in [0.15, 0.2) is 0 Å². The van der Waals surface area contributed by atoms with E-state index in [1.807, 2.05) is 25.1 Å². The molecule has 0 aliphatic rings. The van der Waals surface area contributed by atoms with Crippen LogP contribution in [0.4, 0.5) is 5.69 Å². The summed E-state index contributed by atoms with van der Waals surface area (Å²) >= 11 is 3.41. The molecule has 0 aromatic heterocycles. The molecule has 1 aromatic rings. The summed E-state index contributed by atoms with van der Waals surface area (Å²) in [5.41, 5.74) is 2.24. The van der Waals surface area contributed by atoms with Crippen LogP contribution in [-0.2, 0) is 4.79 Å². The van der Waals surface area contributed by atoms with E-state index in [9.17, 15) is 4.79 Å². The van der Waals surface area contributed by atoms with Gasteiger partial charge in [-0.25, -0.2) is 0 Å². The predicted octanol–water partition coefficient (Wildman–Crippen LogP) is 2.31. The van der Waals surface area contributed by atoms with Crippen molar-refractivity contribution in [2.75, 3.05) is 18.9 Å². The molecule has 0 radical (unpaired) electrons. The number of halogens is 1. The lowest BCUT2D eigenvalue weighted by Crippen LogP contribution is -2.20. The number of nitrogens with one attached hydrogen (secondary N) is 2. The van der Waals surface area contributed by atoms with Crippen LogP contribution >= 0.6 is 15.9 Å². The highest BCUT2D eigenvalue weighted by molar-refractivity contribution is 9.10. The first-order valence-corrected chi connectivity index (χ1v) is 5.63. The predicted molar refractivity (Wildman–Crippen MR) is 66.1 cm³/mol. The molecule has 0 saturated heterocycles. The Balaban J connectivity index is 2.50. The number of benzene rings is 1. The highest BCUT2D eigenvalue weighted by Gasteiger charge is 2.00. The number of anilines is 1. The Morgan fingerprint density at radius 2 is 2.20 bits per heavy atom. The van der Waals surface area contributed by atoms with Crippen LogP contribution in [0.15, 0.2) is 22.7 Å². The van der Waals surface area contributed by atoms with Crippen molar-refractivity contribution in [3.05, 3.63) is 28.2 Å². The SMILES string of the molecule is CNC(=O)CCNc1cc(Br)ccc1C. The summed E-state index contributed by atoms with van der Waals surface area (Å²) in [6.45, 7) is 2.69. The summed E-state index contributed by atoms with van der Waals surface area (Å²) in [6, 6.07) is 6.05. The van der Waals surface area contributed by atoms with Crippen molar-refractivity contribution in [1.82, 2.24) is 5.32 Å². The molecular formula is C11H15BrN2O. The van der Waals surface area contributed by atoms with Gasteiger partial charge in [-0.1, -0.05) is 22.0 Å².